The normalized spacial score (nSPS) is 15.5. The second-order valence-electron chi connectivity index (χ2n) is 4.42. The standard InChI is InChI=1S/C12H11N5/c1-2-11(1)16-7-10(6-15-16)9-5-13-12-3-4-14-17(12)8-9/h3-8,11H,1-2H2. The molecule has 0 spiro atoms. The highest BCUT2D eigenvalue weighted by Crippen LogP contribution is 2.35. The van der Waals surface area contributed by atoms with Gasteiger partial charge in [0, 0.05) is 35.8 Å². The van der Waals surface area contributed by atoms with E-state index in [0.717, 1.165) is 16.8 Å². The zero-order valence-corrected chi connectivity index (χ0v) is 9.19. The average molecular weight is 225 g/mol. The first-order valence-electron chi connectivity index (χ1n) is 5.74. The maximum absolute atomic E-state index is 4.38. The van der Waals surface area contributed by atoms with Gasteiger partial charge in [-0.15, -0.1) is 0 Å². The molecule has 0 bridgehead atoms. The third-order valence-corrected chi connectivity index (χ3v) is 3.10. The van der Waals surface area contributed by atoms with Crippen LogP contribution < -0.4 is 0 Å². The van der Waals surface area contributed by atoms with E-state index in [9.17, 15) is 0 Å². The Hall–Kier alpha value is -2.17. The summed E-state index contributed by atoms with van der Waals surface area (Å²) in [5, 5.41) is 8.57. The highest BCUT2D eigenvalue weighted by Gasteiger charge is 2.24. The van der Waals surface area contributed by atoms with Crippen LogP contribution in [0.4, 0.5) is 0 Å². The summed E-state index contributed by atoms with van der Waals surface area (Å²) >= 11 is 0. The van der Waals surface area contributed by atoms with Gasteiger partial charge in [0.1, 0.15) is 0 Å². The van der Waals surface area contributed by atoms with Crippen molar-refractivity contribution in [2.24, 2.45) is 0 Å². The summed E-state index contributed by atoms with van der Waals surface area (Å²) in [5.41, 5.74) is 3.01. The van der Waals surface area contributed by atoms with Gasteiger partial charge in [-0.1, -0.05) is 0 Å². The van der Waals surface area contributed by atoms with Crippen LogP contribution >= 0.6 is 0 Å². The summed E-state index contributed by atoms with van der Waals surface area (Å²) < 4.78 is 3.83. The van der Waals surface area contributed by atoms with Crippen molar-refractivity contribution in [3.63, 3.8) is 0 Å². The van der Waals surface area contributed by atoms with Crippen molar-refractivity contribution in [3.05, 3.63) is 37.1 Å². The zero-order chi connectivity index (χ0) is 11.2. The second-order valence-corrected chi connectivity index (χ2v) is 4.42. The lowest BCUT2D eigenvalue weighted by Gasteiger charge is -1.98. The molecule has 0 N–H and O–H groups in total. The molecule has 0 saturated heterocycles. The van der Waals surface area contributed by atoms with Crippen LogP contribution in [0.5, 0.6) is 0 Å². The van der Waals surface area contributed by atoms with Crippen LogP contribution in [-0.2, 0) is 0 Å². The van der Waals surface area contributed by atoms with Crippen LogP contribution in [0.25, 0.3) is 16.8 Å². The number of nitrogens with zero attached hydrogens (tertiary/aromatic N) is 5. The van der Waals surface area contributed by atoms with Crippen molar-refractivity contribution in [2.75, 3.05) is 0 Å². The molecule has 0 atom stereocenters. The fraction of sp³-hybridized carbons (Fsp3) is 0.250. The molecule has 0 aromatic carbocycles. The van der Waals surface area contributed by atoms with Crippen molar-refractivity contribution >= 4 is 5.65 Å². The van der Waals surface area contributed by atoms with Gasteiger partial charge in [0.15, 0.2) is 5.65 Å². The monoisotopic (exact) mass is 225 g/mol. The minimum Gasteiger partial charge on any atom is -0.269 e. The van der Waals surface area contributed by atoms with Gasteiger partial charge in [-0.25, -0.2) is 9.50 Å². The van der Waals surface area contributed by atoms with Crippen LogP contribution in [0.15, 0.2) is 37.1 Å². The quantitative estimate of drug-likeness (QED) is 0.669. The first-order valence-corrected chi connectivity index (χ1v) is 5.74. The number of hydrogen-bond acceptors (Lipinski definition) is 3. The summed E-state index contributed by atoms with van der Waals surface area (Å²) in [4.78, 5) is 4.35. The van der Waals surface area contributed by atoms with Gasteiger partial charge in [0.2, 0.25) is 0 Å². The molecule has 0 amide bonds. The van der Waals surface area contributed by atoms with Gasteiger partial charge in [0.05, 0.1) is 18.4 Å². The van der Waals surface area contributed by atoms with E-state index >= 15 is 0 Å². The molecule has 0 aliphatic heterocycles. The van der Waals surface area contributed by atoms with E-state index in [1.54, 1.807) is 10.7 Å². The molecule has 1 aliphatic carbocycles. The molecule has 0 unspecified atom stereocenters. The maximum Gasteiger partial charge on any atom is 0.154 e. The highest BCUT2D eigenvalue weighted by molar-refractivity contribution is 5.61. The molecule has 84 valence electrons. The van der Waals surface area contributed by atoms with Crippen molar-refractivity contribution in [1.29, 1.82) is 0 Å². The van der Waals surface area contributed by atoms with Gasteiger partial charge >= 0.3 is 0 Å². The van der Waals surface area contributed by atoms with Crippen molar-refractivity contribution in [3.8, 4) is 11.1 Å². The first-order chi connectivity index (χ1) is 8.40. The highest BCUT2D eigenvalue weighted by atomic mass is 15.3. The number of aromatic nitrogens is 5. The Morgan fingerprint density at radius 2 is 1.94 bits per heavy atom. The van der Waals surface area contributed by atoms with Gasteiger partial charge in [0.25, 0.3) is 0 Å². The lowest BCUT2D eigenvalue weighted by Crippen LogP contribution is -1.92. The van der Waals surface area contributed by atoms with Crippen molar-refractivity contribution in [1.82, 2.24) is 24.4 Å². The van der Waals surface area contributed by atoms with E-state index in [4.69, 9.17) is 0 Å². The first kappa shape index (κ1) is 8.92. The molecule has 1 saturated carbocycles. The topological polar surface area (TPSA) is 48.0 Å². The molecule has 4 rings (SSSR count). The van der Waals surface area contributed by atoms with Crippen molar-refractivity contribution < 1.29 is 0 Å². The molecular weight excluding hydrogens is 214 g/mol. The predicted octanol–water partition coefficient (Wildman–Crippen LogP) is 1.93. The summed E-state index contributed by atoms with van der Waals surface area (Å²) in [6.07, 6.45) is 12.1. The average Bonchev–Trinajstić information content (AvgIpc) is 2.93. The fourth-order valence-electron chi connectivity index (χ4n) is 1.98. The van der Waals surface area contributed by atoms with Gasteiger partial charge in [-0.2, -0.15) is 10.2 Å². The van der Waals surface area contributed by atoms with Gasteiger partial charge < -0.3 is 0 Å². The largest absolute Gasteiger partial charge is 0.269 e. The Bertz CT molecular complexity index is 677. The SMILES string of the molecule is c1cc2ncc(-c3cnn(C4CC4)c3)cn2n1. The van der Waals surface area contributed by atoms with Gasteiger partial charge in [-0.05, 0) is 12.8 Å². The lowest BCUT2D eigenvalue weighted by molar-refractivity contribution is 0.642. The van der Waals surface area contributed by atoms with E-state index in [1.165, 1.54) is 12.8 Å². The molecule has 1 fully saturated rings. The third-order valence-electron chi connectivity index (χ3n) is 3.10. The van der Waals surface area contributed by atoms with Crippen LogP contribution in [0, 0.1) is 0 Å². The number of fused-ring (bicyclic) bond motifs is 1. The molecule has 0 radical (unpaired) electrons. The minimum absolute atomic E-state index is 0.616. The molecule has 5 heteroatoms. The summed E-state index contributed by atoms with van der Waals surface area (Å²) in [6.45, 7) is 0. The zero-order valence-electron chi connectivity index (χ0n) is 9.19. The van der Waals surface area contributed by atoms with Gasteiger partial charge in [-0.3, -0.25) is 4.68 Å². The Morgan fingerprint density at radius 3 is 2.82 bits per heavy atom. The Balaban J connectivity index is 1.80. The van der Waals surface area contributed by atoms with Crippen LogP contribution in [0.3, 0.4) is 0 Å². The predicted molar refractivity (Wildman–Crippen MR) is 62.5 cm³/mol. The fourth-order valence-corrected chi connectivity index (χ4v) is 1.98. The van der Waals surface area contributed by atoms with Crippen molar-refractivity contribution in [2.45, 2.75) is 18.9 Å². The summed E-state index contributed by atoms with van der Waals surface area (Å²) in [7, 11) is 0. The minimum atomic E-state index is 0.616. The molecule has 17 heavy (non-hydrogen) atoms. The Labute approximate surface area is 97.7 Å². The second kappa shape index (κ2) is 3.16. The van der Waals surface area contributed by atoms with E-state index in [2.05, 4.69) is 21.4 Å². The number of rotatable bonds is 2. The van der Waals surface area contributed by atoms with E-state index in [0.29, 0.717) is 6.04 Å². The molecule has 3 heterocycles. The Kier molecular flexibility index (Phi) is 1.66. The van der Waals surface area contributed by atoms with E-state index in [1.807, 2.05) is 29.3 Å². The molecule has 5 nitrogen and oxygen atoms in total. The Morgan fingerprint density at radius 1 is 1.06 bits per heavy atom. The third kappa shape index (κ3) is 1.43. The van der Waals surface area contributed by atoms with E-state index in [-0.39, 0.29) is 0 Å². The van der Waals surface area contributed by atoms with Crippen LogP contribution in [0.1, 0.15) is 18.9 Å². The summed E-state index contributed by atoms with van der Waals surface area (Å²) in [5.74, 6) is 0. The molecule has 1 aliphatic rings. The molecule has 3 aromatic heterocycles. The lowest BCUT2D eigenvalue weighted by atomic mass is 10.2. The smallest absolute Gasteiger partial charge is 0.154 e. The maximum atomic E-state index is 4.38. The van der Waals surface area contributed by atoms with Crippen LogP contribution in [0.2, 0.25) is 0 Å². The number of hydrogen-bond donors (Lipinski definition) is 0. The van der Waals surface area contributed by atoms with E-state index < -0.39 is 0 Å². The molecular formula is C12H11N5. The molecule has 3 aromatic rings. The van der Waals surface area contributed by atoms with Crippen LogP contribution in [-0.4, -0.2) is 24.4 Å². The summed E-state index contributed by atoms with van der Waals surface area (Å²) in [6, 6.07) is 2.50.